The second-order valence-corrected chi connectivity index (χ2v) is 2.78. The minimum Gasteiger partial charge on any atom is -0.265 e. The second-order valence-electron chi connectivity index (χ2n) is 2.78. The van der Waals surface area contributed by atoms with Crippen LogP contribution in [-0.2, 0) is 0 Å². The lowest BCUT2D eigenvalue weighted by molar-refractivity contribution is 0.734. The van der Waals surface area contributed by atoms with E-state index in [4.69, 9.17) is 0 Å². The molecule has 0 aromatic heterocycles. The minimum absolute atomic E-state index is 0.612. The monoisotopic (exact) mass is 138 g/mol. The van der Waals surface area contributed by atoms with Crippen LogP contribution in [0.25, 0.3) is 0 Å². The number of nitrogens with zero attached hydrogens (tertiary/aromatic N) is 2. The van der Waals surface area contributed by atoms with Gasteiger partial charge in [-0.3, -0.25) is 4.99 Å². The van der Waals surface area contributed by atoms with Gasteiger partial charge in [-0.2, -0.15) is 0 Å². The van der Waals surface area contributed by atoms with Gasteiger partial charge >= 0.3 is 0 Å². The molecule has 0 saturated carbocycles. The molecule has 0 aromatic carbocycles. The molecule has 0 saturated heterocycles. The Morgan fingerprint density at radius 2 is 2.30 bits per heavy atom. The molecule has 0 aromatic rings. The van der Waals surface area contributed by atoms with Crippen molar-refractivity contribution in [3.8, 4) is 0 Å². The highest BCUT2D eigenvalue weighted by atomic mass is 15.0. The van der Waals surface area contributed by atoms with E-state index in [2.05, 4.69) is 23.8 Å². The molecule has 1 unspecified atom stereocenters. The zero-order valence-corrected chi connectivity index (χ0v) is 6.89. The molecule has 0 amide bonds. The Balaban J connectivity index is 2.54. The van der Waals surface area contributed by atoms with Crippen molar-refractivity contribution in [3.05, 3.63) is 0 Å². The van der Waals surface area contributed by atoms with E-state index in [1.54, 1.807) is 0 Å². The van der Waals surface area contributed by atoms with Crippen LogP contribution in [0.3, 0.4) is 0 Å². The highest BCUT2D eigenvalue weighted by Crippen LogP contribution is 2.08. The summed E-state index contributed by atoms with van der Waals surface area (Å²) in [6.07, 6.45) is 1.17. The molecule has 10 heavy (non-hydrogen) atoms. The van der Waals surface area contributed by atoms with Gasteiger partial charge in [-0.15, -0.1) is 0 Å². The molecule has 1 atom stereocenters. The van der Waals surface area contributed by atoms with E-state index in [1.165, 1.54) is 12.1 Å². The number of hydrogen-bond donors (Lipinski definition) is 0. The fraction of sp³-hybridized carbons (Fsp3) is 0.750. The third kappa shape index (κ3) is 1.43. The molecule has 1 heterocycles. The lowest BCUT2D eigenvalue weighted by Crippen LogP contribution is -2.10. The van der Waals surface area contributed by atoms with Crippen LogP contribution in [0.15, 0.2) is 9.98 Å². The van der Waals surface area contributed by atoms with Gasteiger partial charge < -0.3 is 0 Å². The first-order chi connectivity index (χ1) is 4.74. The van der Waals surface area contributed by atoms with E-state index in [9.17, 15) is 0 Å². The van der Waals surface area contributed by atoms with Crippen molar-refractivity contribution in [2.75, 3.05) is 6.54 Å². The third-order valence-corrected chi connectivity index (χ3v) is 1.96. The van der Waals surface area contributed by atoms with Crippen molar-refractivity contribution in [1.29, 1.82) is 0 Å². The van der Waals surface area contributed by atoms with Gasteiger partial charge in [-0.1, -0.05) is 13.8 Å². The van der Waals surface area contributed by atoms with E-state index in [0.29, 0.717) is 5.92 Å². The largest absolute Gasteiger partial charge is 0.265 e. The molecule has 56 valence electrons. The van der Waals surface area contributed by atoms with Gasteiger partial charge in [0.05, 0.1) is 6.54 Å². The average Bonchev–Trinajstić information content (AvgIpc) is 2.34. The summed E-state index contributed by atoms with van der Waals surface area (Å²) < 4.78 is 0. The maximum Gasteiger partial charge on any atom is 0.120 e. The van der Waals surface area contributed by atoms with Crippen molar-refractivity contribution >= 4 is 11.5 Å². The molecule has 2 heteroatoms. The van der Waals surface area contributed by atoms with E-state index in [0.717, 1.165) is 12.4 Å². The summed E-state index contributed by atoms with van der Waals surface area (Å²) in [7, 11) is 0. The van der Waals surface area contributed by atoms with Gasteiger partial charge in [0.15, 0.2) is 0 Å². The average molecular weight is 138 g/mol. The Morgan fingerprint density at radius 1 is 1.60 bits per heavy atom. The van der Waals surface area contributed by atoms with Gasteiger partial charge in [0.1, 0.15) is 5.84 Å². The van der Waals surface area contributed by atoms with Gasteiger partial charge in [0, 0.05) is 5.71 Å². The molecule has 1 aliphatic heterocycles. The molecular weight excluding hydrogens is 124 g/mol. The lowest BCUT2D eigenvalue weighted by Gasteiger charge is -2.05. The zero-order chi connectivity index (χ0) is 7.56. The zero-order valence-electron chi connectivity index (χ0n) is 6.89. The summed E-state index contributed by atoms with van der Waals surface area (Å²) in [5.74, 6) is 1.55. The van der Waals surface area contributed by atoms with Crippen LogP contribution in [0.1, 0.15) is 27.2 Å². The molecule has 0 fully saturated rings. The highest BCUT2D eigenvalue weighted by Gasteiger charge is 2.11. The van der Waals surface area contributed by atoms with Crippen LogP contribution in [0, 0.1) is 5.92 Å². The molecule has 0 radical (unpaired) electrons. The van der Waals surface area contributed by atoms with Crippen molar-refractivity contribution < 1.29 is 0 Å². The summed E-state index contributed by atoms with van der Waals surface area (Å²) in [6, 6.07) is 0. The van der Waals surface area contributed by atoms with E-state index < -0.39 is 0 Å². The molecule has 1 aliphatic rings. The normalized spacial score (nSPS) is 20.3. The van der Waals surface area contributed by atoms with E-state index in [-0.39, 0.29) is 0 Å². The minimum atomic E-state index is 0.612. The Bertz CT molecular complexity index is 180. The first-order valence-electron chi connectivity index (χ1n) is 3.82. The van der Waals surface area contributed by atoms with Crippen LogP contribution >= 0.6 is 0 Å². The Kier molecular flexibility index (Phi) is 2.20. The maximum absolute atomic E-state index is 4.33. The summed E-state index contributed by atoms with van der Waals surface area (Å²) >= 11 is 0. The topological polar surface area (TPSA) is 24.7 Å². The van der Waals surface area contributed by atoms with Crippen molar-refractivity contribution in [2.24, 2.45) is 15.9 Å². The summed E-state index contributed by atoms with van der Waals surface area (Å²) in [5.41, 5.74) is 1.25. The first kappa shape index (κ1) is 7.45. The highest BCUT2D eigenvalue weighted by molar-refractivity contribution is 6.03. The molecule has 0 bridgehead atoms. The van der Waals surface area contributed by atoms with Crippen LogP contribution < -0.4 is 0 Å². The molecular formula is C8H14N2. The molecule has 1 rings (SSSR count). The maximum atomic E-state index is 4.33. The van der Waals surface area contributed by atoms with Crippen molar-refractivity contribution in [3.63, 3.8) is 0 Å². The number of aliphatic imine (C=N–C) groups is 2. The van der Waals surface area contributed by atoms with Crippen molar-refractivity contribution in [2.45, 2.75) is 27.2 Å². The SMILES string of the molecule is CCC(C)C1=NC(C)=NC1. The van der Waals surface area contributed by atoms with Crippen LogP contribution in [0.2, 0.25) is 0 Å². The summed E-state index contributed by atoms with van der Waals surface area (Å²) in [6.45, 7) is 7.17. The molecule has 0 aliphatic carbocycles. The van der Waals surface area contributed by atoms with Gasteiger partial charge in [0.2, 0.25) is 0 Å². The van der Waals surface area contributed by atoms with Gasteiger partial charge in [-0.25, -0.2) is 4.99 Å². The lowest BCUT2D eigenvalue weighted by atomic mass is 10.0. The summed E-state index contributed by atoms with van der Waals surface area (Å²) in [4.78, 5) is 8.53. The number of hydrogen-bond acceptors (Lipinski definition) is 2. The van der Waals surface area contributed by atoms with Crippen molar-refractivity contribution in [1.82, 2.24) is 0 Å². The smallest absolute Gasteiger partial charge is 0.120 e. The Morgan fingerprint density at radius 3 is 2.70 bits per heavy atom. The van der Waals surface area contributed by atoms with Crippen LogP contribution in [0.5, 0.6) is 0 Å². The predicted molar refractivity (Wildman–Crippen MR) is 44.9 cm³/mol. The molecule has 0 N–H and O–H groups in total. The van der Waals surface area contributed by atoms with E-state index in [1.807, 2.05) is 6.92 Å². The predicted octanol–water partition coefficient (Wildman–Crippen LogP) is 1.91. The molecule has 2 nitrogen and oxygen atoms in total. The second kappa shape index (κ2) is 2.95. The quantitative estimate of drug-likeness (QED) is 0.557. The fourth-order valence-electron chi connectivity index (χ4n) is 0.976. The number of amidine groups is 1. The van der Waals surface area contributed by atoms with Crippen LogP contribution in [-0.4, -0.2) is 18.1 Å². The fourth-order valence-corrected chi connectivity index (χ4v) is 0.976. The number of rotatable bonds is 2. The standard InChI is InChI=1S/C8H14N2/c1-4-6(2)8-5-9-7(3)10-8/h6H,4-5H2,1-3H3. The molecule has 0 spiro atoms. The van der Waals surface area contributed by atoms with E-state index >= 15 is 0 Å². The Labute approximate surface area is 62.1 Å². The third-order valence-electron chi connectivity index (χ3n) is 1.96. The summed E-state index contributed by atoms with van der Waals surface area (Å²) in [5, 5.41) is 0. The first-order valence-corrected chi connectivity index (χ1v) is 3.82. The van der Waals surface area contributed by atoms with Crippen LogP contribution in [0.4, 0.5) is 0 Å². The van der Waals surface area contributed by atoms with Gasteiger partial charge in [0.25, 0.3) is 0 Å². The van der Waals surface area contributed by atoms with Gasteiger partial charge in [-0.05, 0) is 19.3 Å². The Hall–Kier alpha value is -0.660.